The first-order chi connectivity index (χ1) is 26.7. The van der Waals surface area contributed by atoms with E-state index < -0.39 is 30.2 Å². The van der Waals surface area contributed by atoms with Crippen LogP contribution in [-0.4, -0.2) is 40.6 Å². The highest BCUT2D eigenvalue weighted by atomic mass is 19.4. The number of Topliss-reactive ketones (excluding diaryl/α,β-unsaturated/α-hetero) is 1. The quantitative estimate of drug-likeness (QED) is 0.0477. The van der Waals surface area contributed by atoms with Gasteiger partial charge in [0, 0.05) is 57.4 Å². The van der Waals surface area contributed by atoms with Gasteiger partial charge in [0.1, 0.15) is 5.75 Å². The summed E-state index contributed by atoms with van der Waals surface area (Å²) in [5, 5.41) is 7.05. The highest BCUT2D eigenvalue weighted by Gasteiger charge is 2.30. The van der Waals surface area contributed by atoms with Gasteiger partial charge in [0.15, 0.2) is 18.1 Å². The molecule has 7 nitrogen and oxygen atoms in total. The van der Waals surface area contributed by atoms with Crippen LogP contribution in [0.4, 0.5) is 13.2 Å². The SMILES string of the molecule is CCCCC(CC)Cn1c2ccc(C(=O)/C(=N/OC(C)=O)c3ccccc3OCC(F)(F)F)cc2c2cc(C(=O)c3c(C)cc(C)cc3C)c3ccccc3c21. The topological polar surface area (TPSA) is 87.0 Å². The highest BCUT2D eigenvalue weighted by Crippen LogP contribution is 2.39. The van der Waals surface area contributed by atoms with Crippen molar-refractivity contribution in [2.24, 2.45) is 11.1 Å². The van der Waals surface area contributed by atoms with Gasteiger partial charge < -0.3 is 14.1 Å². The van der Waals surface area contributed by atoms with Gasteiger partial charge >= 0.3 is 12.1 Å². The van der Waals surface area contributed by atoms with Gasteiger partial charge in [-0.15, -0.1) is 0 Å². The molecule has 0 aliphatic heterocycles. The first-order valence-electron chi connectivity index (χ1n) is 18.9. The Morgan fingerprint density at radius 3 is 2.14 bits per heavy atom. The van der Waals surface area contributed by atoms with E-state index in [0.29, 0.717) is 29.0 Å². The molecular weight excluding hydrogens is 718 g/mol. The van der Waals surface area contributed by atoms with Crippen LogP contribution < -0.4 is 4.74 Å². The van der Waals surface area contributed by atoms with E-state index in [2.05, 4.69) is 23.6 Å². The number of benzene rings is 5. The van der Waals surface area contributed by atoms with Crippen molar-refractivity contribution in [3.63, 3.8) is 0 Å². The van der Waals surface area contributed by atoms with Crippen molar-refractivity contribution in [3.8, 4) is 5.75 Å². The third kappa shape index (κ3) is 8.25. The standard InChI is InChI=1S/C46H45F3N2O5/c1-7-9-14-31(8-2)25-51-39-20-19-32(44(53)42(50-56-30(6)52)35-17-12-13-18-40(35)55-26-46(47,48)49)23-36(39)37-24-38(33-15-10-11-16-34(33)43(37)51)45(54)41-28(4)21-27(3)22-29(41)5/h10-13,15-24,31H,7-9,14,25-26H2,1-6H3/b50-42+. The molecule has 290 valence electrons. The molecule has 0 bridgehead atoms. The minimum Gasteiger partial charge on any atom is -0.483 e. The maximum atomic E-state index is 14.6. The van der Waals surface area contributed by atoms with E-state index in [-0.39, 0.29) is 22.7 Å². The fourth-order valence-electron chi connectivity index (χ4n) is 7.74. The number of rotatable bonds is 14. The lowest BCUT2D eigenvalue weighted by atomic mass is 9.89. The number of aromatic nitrogens is 1. The van der Waals surface area contributed by atoms with Gasteiger partial charge in [-0.1, -0.05) is 92.4 Å². The summed E-state index contributed by atoms with van der Waals surface area (Å²) in [4.78, 5) is 45.9. The first kappa shape index (κ1) is 39.9. The fraction of sp³-hybridized carbons (Fsp3) is 0.304. The van der Waals surface area contributed by atoms with Crippen LogP contribution in [0.25, 0.3) is 32.6 Å². The molecule has 1 unspecified atom stereocenters. The maximum Gasteiger partial charge on any atom is 0.422 e. The average Bonchev–Trinajstić information content (AvgIpc) is 3.47. The zero-order chi connectivity index (χ0) is 40.3. The smallest absolute Gasteiger partial charge is 0.422 e. The largest absolute Gasteiger partial charge is 0.483 e. The van der Waals surface area contributed by atoms with E-state index in [1.165, 1.54) is 24.3 Å². The summed E-state index contributed by atoms with van der Waals surface area (Å²) < 4.78 is 47.0. The summed E-state index contributed by atoms with van der Waals surface area (Å²) in [6, 6.07) is 24.7. The number of alkyl halides is 3. The molecule has 0 fully saturated rings. The Morgan fingerprint density at radius 1 is 0.804 bits per heavy atom. The molecule has 1 aromatic heterocycles. The molecule has 0 aliphatic carbocycles. The number of carbonyl (C=O) groups is 3. The zero-order valence-electron chi connectivity index (χ0n) is 32.5. The van der Waals surface area contributed by atoms with E-state index in [0.717, 1.165) is 76.5 Å². The van der Waals surface area contributed by atoms with Crippen molar-refractivity contribution >= 4 is 55.8 Å². The van der Waals surface area contributed by atoms with Crippen LogP contribution in [0.1, 0.15) is 95.0 Å². The van der Waals surface area contributed by atoms with Crippen molar-refractivity contribution in [3.05, 3.63) is 124 Å². The lowest BCUT2D eigenvalue weighted by Crippen LogP contribution is -2.22. The summed E-state index contributed by atoms with van der Waals surface area (Å²) in [7, 11) is 0. The molecule has 10 heteroatoms. The summed E-state index contributed by atoms with van der Waals surface area (Å²) in [6.45, 7) is 10.5. The van der Waals surface area contributed by atoms with Crippen LogP contribution >= 0.6 is 0 Å². The lowest BCUT2D eigenvalue weighted by molar-refractivity contribution is -0.153. The molecule has 56 heavy (non-hydrogen) atoms. The number of nitrogens with zero attached hydrogens (tertiary/aromatic N) is 2. The zero-order valence-corrected chi connectivity index (χ0v) is 32.5. The molecule has 6 rings (SSSR count). The molecule has 5 aromatic carbocycles. The summed E-state index contributed by atoms with van der Waals surface area (Å²) in [6.07, 6.45) is -0.482. The van der Waals surface area contributed by atoms with E-state index in [4.69, 9.17) is 9.57 Å². The van der Waals surface area contributed by atoms with Gasteiger partial charge in [0.25, 0.3) is 0 Å². The molecule has 1 atom stereocenters. The molecule has 0 spiro atoms. The molecule has 0 saturated heterocycles. The molecule has 0 radical (unpaired) electrons. The monoisotopic (exact) mass is 762 g/mol. The Hall–Kier alpha value is -5.77. The number of unbranched alkanes of at least 4 members (excludes halogenated alkanes) is 1. The number of hydrogen-bond donors (Lipinski definition) is 0. The van der Waals surface area contributed by atoms with Crippen LogP contribution in [0.3, 0.4) is 0 Å². The van der Waals surface area contributed by atoms with Crippen molar-refractivity contribution in [2.45, 2.75) is 79.9 Å². The third-order valence-electron chi connectivity index (χ3n) is 10.3. The van der Waals surface area contributed by atoms with Crippen LogP contribution in [0, 0.1) is 26.7 Å². The average molecular weight is 763 g/mol. The normalized spacial score (nSPS) is 12.7. The molecule has 0 aliphatic rings. The Kier molecular flexibility index (Phi) is 11.8. The van der Waals surface area contributed by atoms with Gasteiger partial charge in [-0.05, 0) is 86.0 Å². The van der Waals surface area contributed by atoms with Gasteiger partial charge in [0.2, 0.25) is 5.78 Å². The number of carbonyl (C=O) groups excluding carboxylic acids is 3. The predicted molar refractivity (Wildman–Crippen MR) is 215 cm³/mol. The minimum atomic E-state index is -4.64. The van der Waals surface area contributed by atoms with Crippen LogP contribution in [0.2, 0.25) is 0 Å². The van der Waals surface area contributed by atoms with Crippen LogP contribution in [0.15, 0.2) is 90.1 Å². The number of ketones is 2. The third-order valence-corrected chi connectivity index (χ3v) is 10.3. The molecular formula is C46H45F3N2O5. The van der Waals surface area contributed by atoms with Crippen molar-refractivity contribution in [2.75, 3.05) is 6.61 Å². The fourth-order valence-corrected chi connectivity index (χ4v) is 7.74. The Bertz CT molecular complexity index is 2490. The van der Waals surface area contributed by atoms with Crippen molar-refractivity contribution in [1.82, 2.24) is 4.57 Å². The number of oxime groups is 1. The van der Waals surface area contributed by atoms with Gasteiger partial charge in [-0.2, -0.15) is 13.2 Å². The van der Waals surface area contributed by atoms with Crippen molar-refractivity contribution in [1.29, 1.82) is 0 Å². The Balaban J connectivity index is 1.60. The maximum absolute atomic E-state index is 14.6. The summed E-state index contributed by atoms with van der Waals surface area (Å²) in [5.41, 5.74) is 5.47. The second-order valence-electron chi connectivity index (χ2n) is 14.5. The second kappa shape index (κ2) is 16.5. The number of halogens is 3. The van der Waals surface area contributed by atoms with Crippen molar-refractivity contribution < 1.29 is 37.1 Å². The molecule has 6 aromatic rings. The van der Waals surface area contributed by atoms with E-state index in [1.54, 1.807) is 12.1 Å². The molecule has 0 saturated carbocycles. The van der Waals surface area contributed by atoms with E-state index in [9.17, 15) is 27.6 Å². The van der Waals surface area contributed by atoms with Crippen LogP contribution in [0.5, 0.6) is 5.75 Å². The van der Waals surface area contributed by atoms with Gasteiger partial charge in [-0.25, -0.2) is 4.79 Å². The number of ether oxygens (including phenoxy) is 1. The summed E-state index contributed by atoms with van der Waals surface area (Å²) in [5.74, 6) is -1.51. The highest BCUT2D eigenvalue weighted by molar-refractivity contribution is 6.52. The van der Waals surface area contributed by atoms with E-state index in [1.807, 2.05) is 69.3 Å². The van der Waals surface area contributed by atoms with Gasteiger partial charge in [0.05, 0.1) is 5.52 Å². The lowest BCUT2D eigenvalue weighted by Gasteiger charge is -2.19. The predicted octanol–water partition coefficient (Wildman–Crippen LogP) is 11.4. The number of hydrogen-bond acceptors (Lipinski definition) is 6. The molecule has 1 heterocycles. The molecule has 0 amide bonds. The second-order valence-corrected chi connectivity index (χ2v) is 14.5. The van der Waals surface area contributed by atoms with Gasteiger partial charge in [-0.3, -0.25) is 9.59 Å². The number of para-hydroxylation sites is 1. The summed E-state index contributed by atoms with van der Waals surface area (Å²) >= 11 is 0. The number of fused-ring (bicyclic) bond motifs is 5. The Labute approximate surface area is 324 Å². The van der Waals surface area contributed by atoms with E-state index >= 15 is 0 Å². The minimum absolute atomic E-state index is 0.0741. The van der Waals surface area contributed by atoms with Crippen LogP contribution in [-0.2, 0) is 16.2 Å². The Morgan fingerprint density at radius 2 is 1.48 bits per heavy atom. The molecule has 0 N–H and O–H groups in total. The number of aryl methyl sites for hydroxylation is 3. The first-order valence-corrected chi connectivity index (χ1v) is 18.9.